The second-order valence-electron chi connectivity index (χ2n) is 6.65. The molecule has 1 aliphatic heterocycles. The summed E-state index contributed by atoms with van der Waals surface area (Å²) in [5.74, 6) is 0. The predicted molar refractivity (Wildman–Crippen MR) is 93.6 cm³/mol. The number of anilines is 2. The van der Waals surface area contributed by atoms with Crippen LogP contribution in [0.3, 0.4) is 0 Å². The smallest absolute Gasteiger partial charge is 0.142 e. The Hall–Kier alpha value is -2.00. The van der Waals surface area contributed by atoms with Crippen molar-refractivity contribution in [3.8, 4) is 0 Å². The van der Waals surface area contributed by atoms with Crippen LogP contribution in [0.4, 0.5) is 11.4 Å². The normalized spacial score (nSPS) is 14.3. The van der Waals surface area contributed by atoms with E-state index in [2.05, 4.69) is 84.9 Å². The Morgan fingerprint density at radius 1 is 0.864 bits per heavy atom. The third kappa shape index (κ3) is 3.42. The molecule has 0 saturated carbocycles. The molecular weight excluding hydrogens is 270 g/mol. The van der Waals surface area contributed by atoms with Crippen LogP contribution in [-0.2, 0) is 6.54 Å². The molecule has 22 heavy (non-hydrogen) atoms. The average Bonchev–Trinajstić information content (AvgIpc) is 2.84. The van der Waals surface area contributed by atoms with Gasteiger partial charge in [-0.05, 0) is 38.0 Å². The van der Waals surface area contributed by atoms with E-state index in [0.29, 0.717) is 0 Å². The van der Waals surface area contributed by atoms with Crippen LogP contribution in [-0.4, -0.2) is 12.1 Å². The first-order valence-corrected chi connectivity index (χ1v) is 7.83. The maximum atomic E-state index is 6.14. The second kappa shape index (κ2) is 6.01. The SMILES string of the molecule is CC(C)(N)CCN1[CH]N(Cc2ccccc2)c2ccccc21. The maximum Gasteiger partial charge on any atom is 0.142 e. The Bertz CT molecular complexity index is 616. The van der Waals surface area contributed by atoms with Crippen molar-refractivity contribution in [1.82, 2.24) is 0 Å². The molecule has 0 atom stereocenters. The van der Waals surface area contributed by atoms with Gasteiger partial charge in [0.1, 0.15) is 6.67 Å². The summed E-state index contributed by atoms with van der Waals surface area (Å²) in [6, 6.07) is 19.1. The first-order valence-electron chi connectivity index (χ1n) is 7.83. The van der Waals surface area contributed by atoms with Crippen LogP contribution in [0.25, 0.3) is 0 Å². The number of benzene rings is 2. The molecule has 0 fully saturated rings. The second-order valence-corrected chi connectivity index (χ2v) is 6.65. The van der Waals surface area contributed by atoms with Gasteiger partial charge in [-0.15, -0.1) is 0 Å². The molecule has 3 nitrogen and oxygen atoms in total. The highest BCUT2D eigenvalue weighted by atomic mass is 15.4. The lowest BCUT2D eigenvalue weighted by molar-refractivity contribution is 0.479. The van der Waals surface area contributed by atoms with E-state index < -0.39 is 0 Å². The molecule has 1 aliphatic rings. The quantitative estimate of drug-likeness (QED) is 0.911. The van der Waals surface area contributed by atoms with Gasteiger partial charge in [-0.3, -0.25) is 0 Å². The highest BCUT2D eigenvalue weighted by Gasteiger charge is 2.27. The van der Waals surface area contributed by atoms with Gasteiger partial charge in [0.15, 0.2) is 0 Å². The summed E-state index contributed by atoms with van der Waals surface area (Å²) in [7, 11) is 0. The van der Waals surface area contributed by atoms with Crippen molar-refractivity contribution < 1.29 is 0 Å². The monoisotopic (exact) mass is 294 g/mol. The van der Waals surface area contributed by atoms with Crippen LogP contribution in [0.15, 0.2) is 54.6 Å². The molecule has 0 aliphatic carbocycles. The van der Waals surface area contributed by atoms with Gasteiger partial charge in [-0.25, -0.2) is 0 Å². The number of para-hydroxylation sites is 2. The first-order chi connectivity index (χ1) is 10.5. The van der Waals surface area contributed by atoms with Crippen molar-refractivity contribution >= 4 is 11.4 Å². The molecule has 0 spiro atoms. The van der Waals surface area contributed by atoms with Crippen molar-refractivity contribution in [2.45, 2.75) is 32.4 Å². The van der Waals surface area contributed by atoms with Gasteiger partial charge < -0.3 is 15.5 Å². The molecule has 3 rings (SSSR count). The number of rotatable bonds is 5. The number of nitrogens with zero attached hydrogens (tertiary/aromatic N) is 2. The molecule has 0 amide bonds. The van der Waals surface area contributed by atoms with E-state index in [1.54, 1.807) is 0 Å². The molecule has 0 aromatic heterocycles. The zero-order valence-corrected chi connectivity index (χ0v) is 13.4. The summed E-state index contributed by atoms with van der Waals surface area (Å²) in [5, 5.41) is 0. The number of hydrogen-bond donors (Lipinski definition) is 1. The number of nitrogens with two attached hydrogens (primary N) is 1. The van der Waals surface area contributed by atoms with Gasteiger partial charge in [0.2, 0.25) is 0 Å². The predicted octanol–water partition coefficient (Wildman–Crippen LogP) is 3.76. The highest BCUT2D eigenvalue weighted by molar-refractivity contribution is 5.78. The first kappa shape index (κ1) is 14.9. The van der Waals surface area contributed by atoms with E-state index >= 15 is 0 Å². The molecule has 0 saturated heterocycles. The third-order valence-electron chi connectivity index (χ3n) is 3.97. The lowest BCUT2D eigenvalue weighted by Crippen LogP contribution is -2.37. The fourth-order valence-corrected chi connectivity index (χ4v) is 2.74. The lowest BCUT2D eigenvalue weighted by Gasteiger charge is -2.25. The van der Waals surface area contributed by atoms with Gasteiger partial charge >= 0.3 is 0 Å². The summed E-state index contributed by atoms with van der Waals surface area (Å²) < 4.78 is 0. The van der Waals surface area contributed by atoms with E-state index in [1.807, 2.05) is 0 Å². The van der Waals surface area contributed by atoms with Gasteiger partial charge in [-0.1, -0.05) is 42.5 Å². The number of fused-ring (bicyclic) bond motifs is 1. The molecule has 2 aromatic carbocycles. The van der Waals surface area contributed by atoms with Crippen LogP contribution >= 0.6 is 0 Å². The van der Waals surface area contributed by atoms with E-state index in [9.17, 15) is 0 Å². The van der Waals surface area contributed by atoms with Crippen molar-refractivity contribution in [2.24, 2.45) is 5.73 Å². The summed E-state index contributed by atoms with van der Waals surface area (Å²) >= 11 is 0. The topological polar surface area (TPSA) is 32.5 Å². The molecule has 0 bridgehead atoms. The minimum absolute atomic E-state index is 0.143. The molecule has 115 valence electrons. The Morgan fingerprint density at radius 3 is 2.09 bits per heavy atom. The minimum Gasteiger partial charge on any atom is -0.346 e. The Morgan fingerprint density at radius 2 is 1.45 bits per heavy atom. The molecule has 2 aromatic rings. The molecule has 1 radical (unpaired) electrons. The fraction of sp³-hybridized carbons (Fsp3) is 0.316. The average molecular weight is 294 g/mol. The van der Waals surface area contributed by atoms with Gasteiger partial charge in [-0.2, -0.15) is 0 Å². The fourth-order valence-electron chi connectivity index (χ4n) is 2.74. The molecule has 1 heterocycles. The molecular formula is C19H24N3. The molecule has 2 N–H and O–H groups in total. The van der Waals surface area contributed by atoms with Crippen molar-refractivity contribution in [3.05, 3.63) is 66.8 Å². The van der Waals surface area contributed by atoms with Gasteiger partial charge in [0, 0.05) is 18.6 Å². The minimum atomic E-state index is -0.143. The van der Waals surface area contributed by atoms with Gasteiger partial charge in [0.25, 0.3) is 0 Å². The summed E-state index contributed by atoms with van der Waals surface area (Å²) in [5.41, 5.74) is 9.84. The highest BCUT2D eigenvalue weighted by Crippen LogP contribution is 2.38. The van der Waals surface area contributed by atoms with E-state index in [1.165, 1.54) is 16.9 Å². The Labute approximate surface area is 133 Å². The summed E-state index contributed by atoms with van der Waals surface area (Å²) in [4.78, 5) is 4.63. The van der Waals surface area contributed by atoms with E-state index in [-0.39, 0.29) is 5.54 Å². The van der Waals surface area contributed by atoms with Crippen molar-refractivity contribution in [2.75, 3.05) is 16.3 Å². The molecule has 3 heteroatoms. The van der Waals surface area contributed by atoms with Crippen LogP contribution in [0, 0.1) is 6.67 Å². The zero-order chi connectivity index (χ0) is 15.6. The third-order valence-corrected chi connectivity index (χ3v) is 3.97. The van der Waals surface area contributed by atoms with Gasteiger partial charge in [0.05, 0.1) is 11.4 Å². The standard InChI is InChI=1S/C19H24N3/c1-19(2,20)12-13-21-15-22(14-16-8-4-3-5-9-16)18-11-7-6-10-17(18)21/h3-11,15H,12-14,20H2,1-2H3. The van der Waals surface area contributed by atoms with Crippen LogP contribution < -0.4 is 15.5 Å². The lowest BCUT2D eigenvalue weighted by atomic mass is 10.0. The Kier molecular flexibility index (Phi) is 4.08. The maximum absolute atomic E-state index is 6.14. The number of hydrogen-bond acceptors (Lipinski definition) is 3. The summed E-state index contributed by atoms with van der Waals surface area (Å²) in [6.45, 7) is 8.20. The Balaban J connectivity index is 1.77. The zero-order valence-electron chi connectivity index (χ0n) is 13.4. The van der Waals surface area contributed by atoms with Crippen LogP contribution in [0.1, 0.15) is 25.8 Å². The largest absolute Gasteiger partial charge is 0.346 e. The van der Waals surface area contributed by atoms with E-state index in [0.717, 1.165) is 19.5 Å². The van der Waals surface area contributed by atoms with Crippen LogP contribution in [0.5, 0.6) is 0 Å². The molecule has 0 unspecified atom stereocenters. The van der Waals surface area contributed by atoms with Crippen molar-refractivity contribution in [1.29, 1.82) is 0 Å². The summed E-state index contributed by atoms with van der Waals surface area (Å²) in [6.07, 6.45) is 0.955. The van der Waals surface area contributed by atoms with E-state index in [4.69, 9.17) is 5.73 Å². The van der Waals surface area contributed by atoms with Crippen LogP contribution in [0.2, 0.25) is 0 Å². The van der Waals surface area contributed by atoms with Crippen molar-refractivity contribution in [3.63, 3.8) is 0 Å².